The molecule has 1 aromatic carbocycles. The quantitative estimate of drug-likeness (QED) is 0.449. The van der Waals surface area contributed by atoms with E-state index in [0.29, 0.717) is 11.3 Å². The van der Waals surface area contributed by atoms with E-state index in [2.05, 4.69) is 0 Å². The normalized spacial score (nSPS) is 10.4. The molecule has 0 aliphatic rings. The van der Waals surface area contributed by atoms with E-state index in [0.717, 1.165) is 6.08 Å². The minimum Gasteiger partial charge on any atom is -0.481 e. The van der Waals surface area contributed by atoms with Crippen LogP contribution >= 0.6 is 0 Å². The molecule has 0 aromatic heterocycles. The third kappa shape index (κ3) is 6.34. The maximum Gasteiger partial charge on any atom is 0.328 e. The molecule has 0 bridgehead atoms. The van der Waals surface area contributed by atoms with Crippen LogP contribution in [-0.2, 0) is 14.4 Å². The highest BCUT2D eigenvalue weighted by Gasteiger charge is 2.06. The van der Waals surface area contributed by atoms with Crippen molar-refractivity contribution in [1.29, 1.82) is 0 Å². The molecule has 0 atom stereocenters. The first kappa shape index (κ1) is 15.4. The summed E-state index contributed by atoms with van der Waals surface area (Å²) in [5.41, 5.74) is 0.665. The summed E-state index contributed by atoms with van der Waals surface area (Å²) in [5, 5.41) is 16.9. The summed E-state index contributed by atoms with van der Waals surface area (Å²) < 4.78 is 5.00. The fraction of sp³-hybridized carbons (Fsp3) is 0.214. The molecule has 0 saturated carbocycles. The Bertz CT molecular complexity index is 515. The number of rotatable bonds is 7. The molecular weight excluding hydrogens is 264 g/mol. The van der Waals surface area contributed by atoms with Crippen LogP contribution in [0.3, 0.4) is 0 Å². The van der Waals surface area contributed by atoms with Crippen molar-refractivity contribution in [3.05, 3.63) is 35.9 Å². The minimum atomic E-state index is -1.04. The van der Waals surface area contributed by atoms with E-state index in [4.69, 9.17) is 14.9 Å². The molecule has 0 fully saturated rings. The second kappa shape index (κ2) is 7.73. The van der Waals surface area contributed by atoms with Crippen molar-refractivity contribution >= 4 is 24.0 Å². The summed E-state index contributed by atoms with van der Waals surface area (Å²) in [5.74, 6) is -2.16. The number of hydrogen-bond acceptors (Lipinski definition) is 4. The zero-order valence-corrected chi connectivity index (χ0v) is 10.6. The second-order valence-electron chi connectivity index (χ2n) is 3.96. The molecule has 6 heteroatoms. The molecule has 0 aliphatic heterocycles. The van der Waals surface area contributed by atoms with Crippen molar-refractivity contribution in [2.24, 2.45) is 0 Å². The van der Waals surface area contributed by atoms with Gasteiger partial charge in [0.2, 0.25) is 0 Å². The summed E-state index contributed by atoms with van der Waals surface area (Å²) in [6.45, 7) is 0. The highest BCUT2D eigenvalue weighted by molar-refractivity contribution is 5.85. The van der Waals surface area contributed by atoms with Crippen LogP contribution in [0.1, 0.15) is 24.8 Å². The van der Waals surface area contributed by atoms with Crippen molar-refractivity contribution in [3.63, 3.8) is 0 Å². The summed E-state index contributed by atoms with van der Waals surface area (Å²) in [6, 6.07) is 6.30. The molecule has 0 spiro atoms. The number of carboxylic acids is 2. The molecule has 0 saturated heterocycles. The lowest BCUT2D eigenvalue weighted by molar-refractivity contribution is -0.138. The number of benzene rings is 1. The minimum absolute atomic E-state index is 0.0347. The Morgan fingerprint density at radius 3 is 2.25 bits per heavy atom. The molecule has 6 nitrogen and oxygen atoms in total. The van der Waals surface area contributed by atoms with Gasteiger partial charge < -0.3 is 14.9 Å². The smallest absolute Gasteiger partial charge is 0.328 e. The van der Waals surface area contributed by atoms with E-state index in [1.165, 1.54) is 18.2 Å². The Morgan fingerprint density at radius 1 is 1.05 bits per heavy atom. The molecule has 1 rings (SSSR count). The second-order valence-corrected chi connectivity index (χ2v) is 3.96. The lowest BCUT2D eigenvalue weighted by atomic mass is 10.2. The summed E-state index contributed by atoms with van der Waals surface area (Å²) in [6.07, 6.45) is 2.61. The first-order chi connectivity index (χ1) is 9.47. The Balaban J connectivity index is 2.46. The van der Waals surface area contributed by atoms with Gasteiger partial charge in [-0.2, -0.15) is 0 Å². The van der Waals surface area contributed by atoms with E-state index in [-0.39, 0.29) is 19.3 Å². The number of carbonyl (C=O) groups excluding carboxylic acids is 1. The molecule has 0 heterocycles. The zero-order chi connectivity index (χ0) is 15.0. The predicted octanol–water partition coefficient (Wildman–Crippen LogP) is 1.94. The standard InChI is InChI=1S/C14H14O6/c15-12(16)2-1-3-14(19)20-11-7-4-10(5-8-11)6-9-13(17)18/h4-9H,1-3H2,(H,15,16)(H,17,18). The van der Waals surface area contributed by atoms with Crippen molar-refractivity contribution in [2.75, 3.05) is 0 Å². The fourth-order valence-electron chi connectivity index (χ4n) is 1.38. The van der Waals surface area contributed by atoms with Crippen LogP contribution in [-0.4, -0.2) is 28.1 Å². The monoisotopic (exact) mass is 278 g/mol. The van der Waals surface area contributed by atoms with Gasteiger partial charge in [-0.05, 0) is 30.2 Å². The van der Waals surface area contributed by atoms with Gasteiger partial charge in [0.05, 0.1) is 0 Å². The Labute approximate surface area is 115 Å². The van der Waals surface area contributed by atoms with E-state index in [9.17, 15) is 14.4 Å². The average Bonchev–Trinajstić information content (AvgIpc) is 2.37. The Kier molecular flexibility index (Phi) is 5.96. The largest absolute Gasteiger partial charge is 0.481 e. The molecule has 106 valence electrons. The zero-order valence-electron chi connectivity index (χ0n) is 10.6. The van der Waals surface area contributed by atoms with Gasteiger partial charge in [0, 0.05) is 18.9 Å². The summed E-state index contributed by atoms with van der Waals surface area (Å²) in [7, 11) is 0. The number of hydrogen-bond donors (Lipinski definition) is 2. The van der Waals surface area contributed by atoms with Crippen LogP contribution in [0.5, 0.6) is 5.75 Å². The third-order valence-corrected chi connectivity index (χ3v) is 2.30. The third-order valence-electron chi connectivity index (χ3n) is 2.30. The molecule has 0 unspecified atom stereocenters. The average molecular weight is 278 g/mol. The summed E-state index contributed by atoms with van der Waals surface area (Å²) in [4.78, 5) is 32.0. The maximum atomic E-state index is 11.4. The number of esters is 1. The number of ether oxygens (including phenoxy) is 1. The van der Waals surface area contributed by atoms with Gasteiger partial charge in [0.1, 0.15) is 5.75 Å². The topological polar surface area (TPSA) is 101 Å². The number of carbonyl (C=O) groups is 3. The van der Waals surface area contributed by atoms with Gasteiger partial charge in [-0.25, -0.2) is 4.79 Å². The SMILES string of the molecule is O=C(O)C=Cc1ccc(OC(=O)CCCC(=O)O)cc1. The molecule has 1 aromatic rings. The Hall–Kier alpha value is -2.63. The van der Waals surface area contributed by atoms with Gasteiger partial charge in [-0.3, -0.25) is 9.59 Å². The van der Waals surface area contributed by atoms with Crippen LogP contribution in [0.15, 0.2) is 30.3 Å². The molecule has 2 N–H and O–H groups in total. The predicted molar refractivity (Wildman–Crippen MR) is 70.2 cm³/mol. The van der Waals surface area contributed by atoms with Gasteiger partial charge in [0.15, 0.2) is 0 Å². The number of carboxylic acid groups (broad SMARTS) is 2. The molecule has 0 amide bonds. The number of aliphatic carboxylic acids is 2. The van der Waals surface area contributed by atoms with Crippen LogP contribution in [0.25, 0.3) is 6.08 Å². The summed E-state index contributed by atoms with van der Waals surface area (Å²) >= 11 is 0. The van der Waals surface area contributed by atoms with Crippen molar-refractivity contribution in [3.8, 4) is 5.75 Å². The fourth-order valence-corrected chi connectivity index (χ4v) is 1.38. The van der Waals surface area contributed by atoms with E-state index >= 15 is 0 Å². The van der Waals surface area contributed by atoms with Crippen LogP contribution in [0.4, 0.5) is 0 Å². The first-order valence-electron chi connectivity index (χ1n) is 5.91. The lowest BCUT2D eigenvalue weighted by Gasteiger charge is -2.03. The van der Waals surface area contributed by atoms with Crippen LogP contribution in [0.2, 0.25) is 0 Å². The van der Waals surface area contributed by atoms with E-state index in [1.54, 1.807) is 12.1 Å². The molecule has 0 aliphatic carbocycles. The van der Waals surface area contributed by atoms with Crippen molar-refractivity contribution in [1.82, 2.24) is 0 Å². The maximum absolute atomic E-state index is 11.4. The van der Waals surface area contributed by atoms with E-state index < -0.39 is 17.9 Å². The first-order valence-corrected chi connectivity index (χ1v) is 5.91. The van der Waals surface area contributed by atoms with Crippen molar-refractivity contribution < 1.29 is 29.3 Å². The van der Waals surface area contributed by atoms with Crippen molar-refractivity contribution in [2.45, 2.75) is 19.3 Å². The highest BCUT2D eigenvalue weighted by atomic mass is 16.5. The van der Waals surface area contributed by atoms with E-state index in [1.807, 2.05) is 0 Å². The highest BCUT2D eigenvalue weighted by Crippen LogP contribution is 2.14. The molecule has 0 radical (unpaired) electrons. The van der Waals surface area contributed by atoms with Gasteiger partial charge >= 0.3 is 17.9 Å². The van der Waals surface area contributed by atoms with Crippen LogP contribution in [0, 0.1) is 0 Å². The molecule has 20 heavy (non-hydrogen) atoms. The van der Waals surface area contributed by atoms with Crippen LogP contribution < -0.4 is 4.74 Å². The van der Waals surface area contributed by atoms with Gasteiger partial charge in [-0.15, -0.1) is 0 Å². The Morgan fingerprint density at radius 2 is 1.70 bits per heavy atom. The molecular formula is C14H14O6. The lowest BCUT2D eigenvalue weighted by Crippen LogP contribution is -2.08. The van der Waals surface area contributed by atoms with Gasteiger partial charge in [-0.1, -0.05) is 12.1 Å². The van der Waals surface area contributed by atoms with Gasteiger partial charge in [0.25, 0.3) is 0 Å².